The number of unbranched alkanes of at least 4 members (excludes halogenated alkanes) is 1. The fourth-order valence-corrected chi connectivity index (χ4v) is 3.66. The molecule has 0 heterocycles. The molecule has 1 rings (SSSR count). The molecule has 0 saturated carbocycles. The highest BCUT2D eigenvalue weighted by molar-refractivity contribution is 7.89. The lowest BCUT2D eigenvalue weighted by atomic mass is 10.1. The monoisotopic (exact) mass is 324 g/mol. The van der Waals surface area contributed by atoms with E-state index in [0.717, 1.165) is 12.8 Å². The number of rotatable bonds is 7. The molecule has 4 nitrogen and oxygen atoms in total. The molecule has 1 unspecified atom stereocenters. The summed E-state index contributed by atoms with van der Waals surface area (Å²) >= 11 is 11.6. The van der Waals surface area contributed by atoms with Gasteiger partial charge in [-0.25, -0.2) is 13.1 Å². The maximum Gasteiger partial charge on any atom is 0.240 e. The first kappa shape index (κ1) is 16.7. The van der Waals surface area contributed by atoms with Crippen molar-refractivity contribution in [3.8, 4) is 0 Å². The van der Waals surface area contributed by atoms with Gasteiger partial charge in [0.1, 0.15) is 0 Å². The minimum atomic E-state index is -3.65. The van der Waals surface area contributed by atoms with Gasteiger partial charge in [0.2, 0.25) is 10.0 Å². The quantitative estimate of drug-likeness (QED) is 0.810. The van der Waals surface area contributed by atoms with Crippen LogP contribution in [-0.2, 0) is 10.0 Å². The van der Waals surface area contributed by atoms with Crippen LogP contribution in [0.3, 0.4) is 0 Å². The molecule has 0 aliphatic carbocycles. The highest BCUT2D eigenvalue weighted by Crippen LogP contribution is 2.22. The zero-order valence-corrected chi connectivity index (χ0v) is 13.0. The Labute approximate surface area is 124 Å². The van der Waals surface area contributed by atoms with Crippen molar-refractivity contribution >= 4 is 33.2 Å². The van der Waals surface area contributed by atoms with Crippen molar-refractivity contribution in [2.24, 2.45) is 5.73 Å². The van der Waals surface area contributed by atoms with Gasteiger partial charge in [0.05, 0.1) is 4.90 Å². The predicted molar refractivity (Wildman–Crippen MR) is 79.2 cm³/mol. The Balaban J connectivity index is 2.90. The third kappa shape index (κ3) is 5.28. The van der Waals surface area contributed by atoms with Crippen LogP contribution < -0.4 is 10.5 Å². The molecule has 0 radical (unpaired) electrons. The summed E-state index contributed by atoms with van der Waals surface area (Å²) < 4.78 is 26.9. The molecule has 108 valence electrons. The Morgan fingerprint density at radius 1 is 1.26 bits per heavy atom. The van der Waals surface area contributed by atoms with Crippen molar-refractivity contribution < 1.29 is 8.42 Å². The maximum absolute atomic E-state index is 12.2. The SMILES string of the molecule is CCCCC(CN)NS(=O)(=O)c1cc(Cl)cc(Cl)c1. The summed E-state index contributed by atoms with van der Waals surface area (Å²) in [6.45, 7) is 2.30. The zero-order chi connectivity index (χ0) is 14.5. The molecule has 0 aromatic heterocycles. The summed E-state index contributed by atoms with van der Waals surface area (Å²) in [5, 5.41) is 0.566. The fraction of sp³-hybridized carbons (Fsp3) is 0.500. The number of benzene rings is 1. The van der Waals surface area contributed by atoms with Gasteiger partial charge in [-0.15, -0.1) is 0 Å². The first-order chi connectivity index (χ1) is 8.89. The molecule has 0 saturated heterocycles. The van der Waals surface area contributed by atoms with E-state index >= 15 is 0 Å². The van der Waals surface area contributed by atoms with Crippen molar-refractivity contribution in [3.05, 3.63) is 28.2 Å². The second-order valence-electron chi connectivity index (χ2n) is 4.30. The summed E-state index contributed by atoms with van der Waals surface area (Å²) in [4.78, 5) is 0.0555. The first-order valence-electron chi connectivity index (χ1n) is 6.07. The summed E-state index contributed by atoms with van der Waals surface area (Å²) in [6, 6.07) is 3.94. The molecular weight excluding hydrogens is 307 g/mol. The molecule has 1 aromatic carbocycles. The molecule has 0 amide bonds. The number of nitrogens with one attached hydrogen (secondary N) is 1. The summed E-state index contributed by atoms with van der Waals surface area (Å²) in [6.07, 6.45) is 2.61. The smallest absolute Gasteiger partial charge is 0.240 e. The molecular formula is C12H18Cl2N2O2S. The van der Waals surface area contributed by atoms with Gasteiger partial charge in [-0.05, 0) is 24.6 Å². The Morgan fingerprint density at radius 3 is 2.32 bits per heavy atom. The van der Waals surface area contributed by atoms with Crippen LogP contribution in [0.5, 0.6) is 0 Å². The van der Waals surface area contributed by atoms with E-state index in [1.165, 1.54) is 18.2 Å². The van der Waals surface area contributed by atoms with Gasteiger partial charge in [0, 0.05) is 22.6 Å². The van der Waals surface area contributed by atoms with Crippen LogP contribution >= 0.6 is 23.2 Å². The Kier molecular flexibility index (Phi) is 6.56. The van der Waals surface area contributed by atoms with Crippen LogP contribution in [0.15, 0.2) is 23.1 Å². The maximum atomic E-state index is 12.2. The molecule has 1 aromatic rings. The molecule has 0 fully saturated rings. The average molecular weight is 325 g/mol. The lowest BCUT2D eigenvalue weighted by molar-refractivity contribution is 0.516. The third-order valence-corrected chi connectivity index (χ3v) is 4.60. The Bertz CT molecular complexity index is 500. The molecule has 7 heteroatoms. The van der Waals surface area contributed by atoms with Gasteiger partial charge in [-0.2, -0.15) is 0 Å². The van der Waals surface area contributed by atoms with E-state index in [4.69, 9.17) is 28.9 Å². The zero-order valence-electron chi connectivity index (χ0n) is 10.7. The molecule has 0 aliphatic rings. The van der Waals surface area contributed by atoms with Gasteiger partial charge in [0.15, 0.2) is 0 Å². The standard InChI is InChI=1S/C12H18Cl2N2O2S/c1-2-3-4-11(8-15)16-19(17,18)12-6-9(13)5-10(14)7-12/h5-7,11,16H,2-4,8,15H2,1H3. The van der Waals surface area contributed by atoms with E-state index in [-0.39, 0.29) is 27.5 Å². The van der Waals surface area contributed by atoms with E-state index in [1.54, 1.807) is 0 Å². The van der Waals surface area contributed by atoms with Crippen molar-refractivity contribution in [1.82, 2.24) is 4.72 Å². The summed E-state index contributed by atoms with van der Waals surface area (Å²) in [7, 11) is -3.65. The molecule has 1 atom stereocenters. The molecule has 3 N–H and O–H groups in total. The highest BCUT2D eigenvalue weighted by atomic mass is 35.5. The van der Waals surface area contributed by atoms with E-state index in [2.05, 4.69) is 4.72 Å². The largest absolute Gasteiger partial charge is 0.329 e. The Morgan fingerprint density at radius 2 is 1.84 bits per heavy atom. The van der Waals surface area contributed by atoms with Gasteiger partial charge in [-0.3, -0.25) is 0 Å². The molecule has 0 spiro atoms. The van der Waals surface area contributed by atoms with Crippen LogP contribution in [0.25, 0.3) is 0 Å². The highest BCUT2D eigenvalue weighted by Gasteiger charge is 2.19. The van der Waals surface area contributed by atoms with Crippen molar-refractivity contribution in [1.29, 1.82) is 0 Å². The predicted octanol–water partition coefficient (Wildman–Crippen LogP) is 2.79. The number of nitrogens with two attached hydrogens (primary N) is 1. The van der Waals surface area contributed by atoms with Crippen LogP contribution in [0.1, 0.15) is 26.2 Å². The first-order valence-corrected chi connectivity index (χ1v) is 8.31. The van der Waals surface area contributed by atoms with Crippen LogP contribution in [0.2, 0.25) is 10.0 Å². The second kappa shape index (κ2) is 7.45. The van der Waals surface area contributed by atoms with E-state index in [1.807, 2.05) is 6.92 Å². The van der Waals surface area contributed by atoms with Crippen LogP contribution in [0, 0.1) is 0 Å². The van der Waals surface area contributed by atoms with Crippen molar-refractivity contribution in [3.63, 3.8) is 0 Å². The lowest BCUT2D eigenvalue weighted by Crippen LogP contribution is -2.40. The van der Waals surface area contributed by atoms with Crippen molar-refractivity contribution in [2.75, 3.05) is 6.54 Å². The van der Waals surface area contributed by atoms with E-state index in [0.29, 0.717) is 6.42 Å². The topological polar surface area (TPSA) is 72.2 Å². The minimum absolute atomic E-state index is 0.0555. The second-order valence-corrected chi connectivity index (χ2v) is 6.89. The Hall–Kier alpha value is -0.330. The van der Waals surface area contributed by atoms with E-state index < -0.39 is 10.0 Å². The van der Waals surface area contributed by atoms with Gasteiger partial charge in [-0.1, -0.05) is 43.0 Å². The lowest BCUT2D eigenvalue weighted by Gasteiger charge is -2.16. The number of hydrogen-bond donors (Lipinski definition) is 2. The fourth-order valence-electron chi connectivity index (χ4n) is 1.65. The number of halogens is 2. The molecule has 0 aliphatic heterocycles. The summed E-state index contributed by atoms with van der Waals surface area (Å²) in [5.74, 6) is 0. The van der Waals surface area contributed by atoms with Gasteiger partial charge in [0.25, 0.3) is 0 Å². The number of sulfonamides is 1. The minimum Gasteiger partial charge on any atom is -0.329 e. The van der Waals surface area contributed by atoms with Crippen LogP contribution in [-0.4, -0.2) is 21.0 Å². The van der Waals surface area contributed by atoms with Crippen molar-refractivity contribution in [2.45, 2.75) is 37.1 Å². The normalized spacial score (nSPS) is 13.5. The number of hydrogen-bond acceptors (Lipinski definition) is 3. The van der Waals surface area contributed by atoms with Crippen LogP contribution in [0.4, 0.5) is 0 Å². The summed E-state index contributed by atoms with van der Waals surface area (Å²) in [5.41, 5.74) is 5.58. The molecule has 0 bridgehead atoms. The van der Waals surface area contributed by atoms with Gasteiger partial charge >= 0.3 is 0 Å². The van der Waals surface area contributed by atoms with Gasteiger partial charge < -0.3 is 5.73 Å². The molecule has 19 heavy (non-hydrogen) atoms. The average Bonchev–Trinajstić information content (AvgIpc) is 2.33. The van der Waals surface area contributed by atoms with E-state index in [9.17, 15) is 8.42 Å². The third-order valence-electron chi connectivity index (χ3n) is 2.66.